The van der Waals surface area contributed by atoms with Crippen LogP contribution >= 0.6 is 0 Å². The first-order valence-electron chi connectivity index (χ1n) is 9.10. The number of aliphatic hydroxyl groups is 1. The molecule has 1 aromatic rings. The van der Waals surface area contributed by atoms with Gasteiger partial charge in [-0.2, -0.15) is 4.98 Å². The number of amides is 1. The Balaban J connectivity index is 2.21. The van der Waals surface area contributed by atoms with Crippen molar-refractivity contribution in [2.24, 2.45) is 17.4 Å². The summed E-state index contributed by atoms with van der Waals surface area (Å²) in [5.74, 6) is 0.0380. The van der Waals surface area contributed by atoms with E-state index in [0.29, 0.717) is 25.7 Å². The first-order chi connectivity index (χ1) is 13.2. The van der Waals surface area contributed by atoms with Crippen molar-refractivity contribution in [3.63, 3.8) is 0 Å². The molecule has 0 aromatic carbocycles. The molecule has 0 spiro atoms. The van der Waals surface area contributed by atoms with Crippen LogP contribution in [0.4, 0.5) is 11.8 Å². The first-order valence-corrected chi connectivity index (χ1v) is 10.3. The van der Waals surface area contributed by atoms with E-state index in [0.717, 1.165) is 5.70 Å². The summed E-state index contributed by atoms with van der Waals surface area (Å²) in [4.78, 5) is 20.1. The molecule has 1 aromatic heterocycles. The minimum absolute atomic E-state index is 0.119. The largest absolute Gasteiger partial charge is 0.377 e. The van der Waals surface area contributed by atoms with Gasteiger partial charge in [0.25, 0.3) is 5.91 Å². The van der Waals surface area contributed by atoms with E-state index in [9.17, 15) is 18.7 Å². The Morgan fingerprint density at radius 3 is 2.68 bits per heavy atom. The summed E-state index contributed by atoms with van der Waals surface area (Å²) < 4.78 is 20.4. The average Bonchev–Trinajstić information content (AvgIpc) is 2.61. The Kier molecular flexibility index (Phi) is 7.87. The summed E-state index contributed by atoms with van der Waals surface area (Å²) >= 11 is -1.86. The maximum Gasteiger partial charge on any atom is 0.254 e. The van der Waals surface area contributed by atoms with E-state index in [1.54, 1.807) is 0 Å². The zero-order valence-electron chi connectivity index (χ0n) is 16.0. The lowest BCUT2D eigenvalue weighted by atomic mass is 10.0. The highest BCUT2D eigenvalue weighted by Gasteiger charge is 2.22. The van der Waals surface area contributed by atoms with Crippen LogP contribution in [0.3, 0.4) is 0 Å². The third-order valence-corrected chi connectivity index (χ3v) is 5.43. The lowest BCUT2D eigenvalue weighted by molar-refractivity contribution is 0.100. The number of primary amides is 1. The van der Waals surface area contributed by atoms with Crippen LogP contribution < -0.4 is 22.1 Å². The Morgan fingerprint density at radius 2 is 2.18 bits per heavy atom. The molecule has 0 radical (unpaired) electrons. The zero-order chi connectivity index (χ0) is 20.8. The van der Waals surface area contributed by atoms with Crippen LogP contribution in [-0.2, 0) is 11.1 Å². The van der Waals surface area contributed by atoms with E-state index in [2.05, 4.69) is 20.6 Å². The normalized spacial score (nSPS) is 20.2. The van der Waals surface area contributed by atoms with Gasteiger partial charge in [0.2, 0.25) is 5.95 Å². The Hall–Kier alpha value is -2.08. The number of aliphatic hydroxyl groups excluding tert-OH is 1. The van der Waals surface area contributed by atoms with Gasteiger partial charge < -0.3 is 31.8 Å². The average molecular weight is 413 g/mol. The summed E-state index contributed by atoms with van der Waals surface area (Å²) in [7, 11) is 0. The number of carbonyl (C=O) groups is 1. The fraction of sp³-hybridized carbons (Fsp3) is 0.588. The molecule has 1 heterocycles. The zero-order valence-corrected chi connectivity index (χ0v) is 16.8. The summed E-state index contributed by atoms with van der Waals surface area (Å²) in [6.07, 6.45) is 4.16. The molecule has 0 fully saturated rings. The van der Waals surface area contributed by atoms with E-state index in [-0.39, 0.29) is 28.5 Å². The Bertz CT molecular complexity index is 755. The Labute approximate surface area is 166 Å². The Morgan fingerprint density at radius 1 is 1.46 bits per heavy atom. The summed E-state index contributed by atoms with van der Waals surface area (Å²) in [6.45, 7) is 4.01. The van der Waals surface area contributed by atoms with Gasteiger partial charge in [-0.1, -0.05) is 19.9 Å². The fourth-order valence-electron chi connectivity index (χ4n) is 2.94. The number of hydrogen-bond acceptors (Lipinski definition) is 8. The molecule has 11 heteroatoms. The molecule has 10 nitrogen and oxygen atoms in total. The van der Waals surface area contributed by atoms with Crippen LogP contribution in [0, 0.1) is 5.92 Å². The number of carbonyl (C=O) groups excluding carboxylic acids is 1. The van der Waals surface area contributed by atoms with E-state index in [4.69, 9.17) is 11.5 Å². The summed E-state index contributed by atoms with van der Waals surface area (Å²) in [6, 6.07) is -0.457. The van der Waals surface area contributed by atoms with Crippen LogP contribution in [-0.4, -0.2) is 47.3 Å². The molecule has 0 bridgehead atoms. The lowest BCUT2D eigenvalue weighted by Crippen LogP contribution is -2.41. The second-order valence-corrected chi connectivity index (χ2v) is 8.44. The van der Waals surface area contributed by atoms with Gasteiger partial charge >= 0.3 is 0 Å². The molecule has 8 N–H and O–H groups in total. The molecule has 28 heavy (non-hydrogen) atoms. The van der Waals surface area contributed by atoms with Gasteiger partial charge in [-0.05, 0) is 31.6 Å². The van der Waals surface area contributed by atoms with Crippen molar-refractivity contribution in [2.75, 3.05) is 10.6 Å². The highest BCUT2D eigenvalue weighted by Crippen LogP contribution is 2.24. The van der Waals surface area contributed by atoms with Crippen LogP contribution in [0.2, 0.25) is 0 Å². The molecule has 1 amide bonds. The topological polar surface area (TPSA) is 176 Å². The molecule has 1 aliphatic rings. The molecule has 0 aliphatic heterocycles. The second kappa shape index (κ2) is 9.92. The first kappa shape index (κ1) is 22.2. The van der Waals surface area contributed by atoms with Crippen molar-refractivity contribution in [3.05, 3.63) is 23.5 Å². The van der Waals surface area contributed by atoms with Crippen molar-refractivity contribution in [1.29, 1.82) is 0 Å². The highest BCUT2D eigenvalue weighted by molar-refractivity contribution is 7.79. The minimum Gasteiger partial charge on any atom is -0.377 e. The third-order valence-electron chi connectivity index (χ3n) is 4.43. The van der Waals surface area contributed by atoms with Gasteiger partial charge in [0, 0.05) is 11.9 Å². The standard InChI is InChI=1S/C17H28N6O4S/c1-9(2)7-13(15(19)25)22-17-20-8-12(14(18)24)16(23-17)21-10-3-5-11(6-4-10)28(26)27/h3,8-9,11,13,15,25H,4-7,19H2,1-2H3,(H2,18,24)(H,26,27)(H2,20,21,22,23). The molecule has 0 saturated heterocycles. The minimum atomic E-state index is -1.86. The van der Waals surface area contributed by atoms with Crippen molar-refractivity contribution in [1.82, 2.24) is 9.97 Å². The van der Waals surface area contributed by atoms with E-state index in [1.165, 1.54) is 6.20 Å². The van der Waals surface area contributed by atoms with Gasteiger partial charge in [0.05, 0.1) is 11.3 Å². The van der Waals surface area contributed by atoms with E-state index < -0.39 is 29.3 Å². The molecule has 156 valence electrons. The number of aromatic nitrogens is 2. The van der Waals surface area contributed by atoms with E-state index >= 15 is 0 Å². The smallest absolute Gasteiger partial charge is 0.254 e. The summed E-state index contributed by atoms with van der Waals surface area (Å²) in [5.41, 5.74) is 11.9. The third kappa shape index (κ3) is 6.23. The van der Waals surface area contributed by atoms with Crippen molar-refractivity contribution in [2.45, 2.75) is 57.1 Å². The number of allylic oxidation sites excluding steroid dienone is 2. The number of hydrogen-bond donors (Lipinski definition) is 6. The maximum atomic E-state index is 11.7. The quantitative estimate of drug-likeness (QED) is 0.252. The summed E-state index contributed by atoms with van der Waals surface area (Å²) in [5, 5.41) is 15.5. The van der Waals surface area contributed by atoms with Gasteiger partial charge in [-0.25, -0.2) is 9.19 Å². The molecule has 1 aliphatic carbocycles. The number of nitrogens with one attached hydrogen (secondary N) is 2. The SMILES string of the molecule is CC(C)CC(Nc1ncc(C(N)=O)c(NC2=CCC(S(=O)O)CC2)n1)C(N)O. The number of nitrogens with zero attached hydrogens (tertiary/aromatic N) is 2. The predicted octanol–water partition coefficient (Wildman–Crippen LogP) is 0.749. The molecule has 2 rings (SSSR count). The number of nitrogens with two attached hydrogens (primary N) is 2. The lowest BCUT2D eigenvalue weighted by Gasteiger charge is -2.24. The molecule has 4 unspecified atom stereocenters. The van der Waals surface area contributed by atoms with Crippen molar-refractivity contribution < 1.29 is 18.7 Å². The van der Waals surface area contributed by atoms with Gasteiger partial charge in [-0.3, -0.25) is 4.79 Å². The second-order valence-electron chi connectivity index (χ2n) is 7.22. The fourth-order valence-corrected chi connectivity index (χ4v) is 3.52. The van der Waals surface area contributed by atoms with Crippen LogP contribution in [0.5, 0.6) is 0 Å². The highest BCUT2D eigenvalue weighted by atomic mass is 32.2. The maximum absolute atomic E-state index is 11.7. The predicted molar refractivity (Wildman–Crippen MR) is 108 cm³/mol. The van der Waals surface area contributed by atoms with Gasteiger partial charge in [-0.15, -0.1) is 0 Å². The number of anilines is 2. The van der Waals surface area contributed by atoms with E-state index in [1.807, 2.05) is 19.9 Å². The van der Waals surface area contributed by atoms with Crippen molar-refractivity contribution in [3.8, 4) is 0 Å². The molecule has 4 atom stereocenters. The monoisotopic (exact) mass is 412 g/mol. The van der Waals surface area contributed by atoms with Crippen LogP contribution in [0.25, 0.3) is 0 Å². The number of rotatable bonds is 9. The van der Waals surface area contributed by atoms with Gasteiger partial charge in [0.1, 0.15) is 17.6 Å². The van der Waals surface area contributed by atoms with Crippen LogP contribution in [0.1, 0.15) is 49.9 Å². The molecular formula is C17H28N6O4S. The molecule has 0 saturated carbocycles. The van der Waals surface area contributed by atoms with Crippen LogP contribution in [0.15, 0.2) is 18.0 Å². The van der Waals surface area contributed by atoms with Crippen molar-refractivity contribution >= 4 is 28.8 Å². The van der Waals surface area contributed by atoms with Gasteiger partial charge in [0.15, 0.2) is 11.1 Å². The molecular weight excluding hydrogens is 384 g/mol.